The molecular formula is C37H64ClN13O4. The Morgan fingerprint density at radius 3 is 1.98 bits per heavy atom. The molecule has 2 atom stereocenters. The summed E-state index contributed by atoms with van der Waals surface area (Å²) in [6.07, 6.45) is 8.54. The number of aromatic nitrogens is 2. The summed E-state index contributed by atoms with van der Waals surface area (Å²) in [7, 11) is 0. The van der Waals surface area contributed by atoms with Crippen molar-refractivity contribution in [1.29, 1.82) is 0 Å². The Morgan fingerprint density at radius 1 is 0.836 bits per heavy atom. The molecule has 2 rings (SSSR count). The minimum Gasteiger partial charge on any atom is -0.492 e. The van der Waals surface area contributed by atoms with Crippen LogP contribution < -0.4 is 55.1 Å². The Bertz CT molecular complexity index is 1430. The predicted octanol–water partition coefficient (Wildman–Crippen LogP) is 0.694. The number of rotatable bonds is 28. The minimum absolute atomic E-state index is 0.0367. The van der Waals surface area contributed by atoms with E-state index >= 15 is 0 Å². The summed E-state index contributed by atoms with van der Waals surface area (Å²) in [6.45, 7) is 6.91. The Kier molecular flexibility index (Phi) is 23.5. The van der Waals surface area contributed by atoms with Gasteiger partial charge in [-0.15, -0.1) is 0 Å². The molecule has 0 aliphatic heterocycles. The molecule has 0 radical (unpaired) electrons. The molecule has 17 nitrogen and oxygen atoms in total. The van der Waals surface area contributed by atoms with Gasteiger partial charge in [0.05, 0.1) is 17.8 Å². The zero-order valence-corrected chi connectivity index (χ0v) is 33.1. The van der Waals surface area contributed by atoms with Crippen molar-refractivity contribution < 1.29 is 19.1 Å². The van der Waals surface area contributed by atoms with Crippen molar-refractivity contribution in [3.05, 3.63) is 46.4 Å². The van der Waals surface area contributed by atoms with Gasteiger partial charge in [-0.3, -0.25) is 29.6 Å². The number of ether oxygens (including phenoxy) is 1. The number of hydrogen-bond donors (Lipinski definition) is 9. The Hall–Kier alpha value is -4.13. The van der Waals surface area contributed by atoms with Crippen LogP contribution in [0, 0.1) is 6.92 Å². The van der Waals surface area contributed by atoms with E-state index in [0.29, 0.717) is 64.4 Å². The third kappa shape index (κ3) is 19.9. The van der Waals surface area contributed by atoms with E-state index in [0.717, 1.165) is 82.2 Å². The summed E-state index contributed by atoms with van der Waals surface area (Å²) in [4.78, 5) is 51.6. The quantitative estimate of drug-likeness (QED) is 0.0326. The number of nitrogens with one attached hydrogen (secondary N) is 3. The average Bonchev–Trinajstić information content (AvgIpc) is 3.16. The van der Waals surface area contributed by atoms with Gasteiger partial charge in [0, 0.05) is 26.2 Å². The number of unbranched alkanes of at least 4 members (excludes halogenated alkanes) is 3. The molecule has 0 saturated heterocycles. The minimum atomic E-state index is -0.629. The molecule has 0 bridgehead atoms. The first kappa shape index (κ1) is 47.0. The number of nitrogens with two attached hydrogens (primary N) is 6. The Labute approximate surface area is 330 Å². The second kappa shape index (κ2) is 27.5. The van der Waals surface area contributed by atoms with E-state index in [1.165, 1.54) is 0 Å². The highest BCUT2D eigenvalue weighted by Crippen LogP contribution is 2.16. The third-order valence-corrected chi connectivity index (χ3v) is 9.12. The normalized spacial score (nSPS) is 12.7. The highest BCUT2D eigenvalue weighted by Gasteiger charge is 2.17. The number of benzene rings is 1. The molecule has 1 aromatic carbocycles. The Morgan fingerprint density at radius 2 is 1.42 bits per heavy atom. The zero-order chi connectivity index (χ0) is 40.4. The van der Waals surface area contributed by atoms with Gasteiger partial charge >= 0.3 is 0 Å². The van der Waals surface area contributed by atoms with E-state index < -0.39 is 18.0 Å². The summed E-state index contributed by atoms with van der Waals surface area (Å²) < 4.78 is 6.07. The van der Waals surface area contributed by atoms with Gasteiger partial charge in [0.25, 0.3) is 5.91 Å². The van der Waals surface area contributed by atoms with Crippen LogP contribution in [0.5, 0.6) is 5.75 Å². The smallest absolute Gasteiger partial charge is 0.280 e. The second-order valence-corrected chi connectivity index (χ2v) is 13.8. The third-order valence-electron chi connectivity index (χ3n) is 8.76. The highest BCUT2D eigenvalue weighted by molar-refractivity contribution is 6.30. The molecule has 18 heteroatoms. The molecule has 1 heterocycles. The zero-order valence-electron chi connectivity index (χ0n) is 32.4. The average molecular weight is 790 g/mol. The van der Waals surface area contributed by atoms with E-state index in [4.69, 9.17) is 50.7 Å². The lowest BCUT2D eigenvalue weighted by Crippen LogP contribution is -2.42. The predicted molar refractivity (Wildman–Crippen MR) is 218 cm³/mol. The highest BCUT2D eigenvalue weighted by atomic mass is 35.5. The van der Waals surface area contributed by atoms with Gasteiger partial charge in [-0.25, -0.2) is 9.97 Å². The van der Waals surface area contributed by atoms with Crippen molar-refractivity contribution in [3.8, 4) is 5.75 Å². The summed E-state index contributed by atoms with van der Waals surface area (Å²) in [6, 6.07) is 6.92. The van der Waals surface area contributed by atoms with Crippen molar-refractivity contribution in [2.45, 2.75) is 89.6 Å². The molecule has 0 unspecified atom stereocenters. The number of anilines is 1. The van der Waals surface area contributed by atoms with Crippen molar-refractivity contribution in [3.63, 3.8) is 0 Å². The van der Waals surface area contributed by atoms with Crippen LogP contribution in [0.3, 0.4) is 0 Å². The fourth-order valence-electron chi connectivity index (χ4n) is 5.49. The standard InChI is InChI=1S/C37H64ClN13O4/c1-26-32(38)49-31(33(43)48-26)36(54)50-37(44)47-19-7-4-10-27-13-15-28(16-14-27)55-25-24-51(22-8-20-45-34(52)29(41)11-2-5-17-39)23-9-21-46-35(53)30(42)12-3-6-18-40/h13-16,29-30H,2-12,17-25,39-42H2,1H3,(H2,43,48)(H,45,52)(H,46,53)(H3,44,47,50,54)/t29-,30-/m0/s1. The number of carbonyl (C=O) groups is 3. The topological polar surface area (TPSA) is 294 Å². The van der Waals surface area contributed by atoms with Gasteiger partial charge in [0.15, 0.2) is 22.6 Å². The first-order valence-corrected chi connectivity index (χ1v) is 19.6. The van der Waals surface area contributed by atoms with E-state index in [-0.39, 0.29) is 34.4 Å². The molecule has 0 aliphatic rings. The molecule has 55 heavy (non-hydrogen) atoms. The summed E-state index contributed by atoms with van der Waals surface area (Å²) in [5.74, 6) is -0.230. The fraction of sp³-hybridized carbons (Fsp3) is 0.622. The molecule has 0 spiro atoms. The molecular weight excluding hydrogens is 726 g/mol. The molecule has 0 fully saturated rings. The van der Waals surface area contributed by atoms with Crippen molar-refractivity contribution in [1.82, 2.24) is 30.8 Å². The number of nitrogens with zero attached hydrogens (tertiary/aromatic N) is 4. The van der Waals surface area contributed by atoms with E-state index in [2.05, 4.69) is 35.8 Å². The van der Waals surface area contributed by atoms with Crippen molar-refractivity contribution in [2.24, 2.45) is 33.7 Å². The van der Waals surface area contributed by atoms with Gasteiger partial charge < -0.3 is 49.8 Å². The SMILES string of the molecule is Cc1nc(N)c(C(=O)NC(N)=NCCCCc2ccc(OCCN(CCCNC(=O)[C@@H](N)CCCCN)CCCNC(=O)[C@@H](N)CCCCN)cc2)nc1Cl. The molecule has 2 aromatic rings. The van der Waals surface area contributed by atoms with Gasteiger partial charge in [-0.1, -0.05) is 36.6 Å². The van der Waals surface area contributed by atoms with Gasteiger partial charge in [0.2, 0.25) is 11.8 Å². The lowest BCUT2D eigenvalue weighted by atomic mass is 10.1. The van der Waals surface area contributed by atoms with Crippen molar-refractivity contribution >= 4 is 41.1 Å². The molecule has 1 aromatic heterocycles. The van der Waals surface area contributed by atoms with Crippen LogP contribution in [0.1, 0.15) is 86.0 Å². The van der Waals surface area contributed by atoms with Crippen LogP contribution in [0.15, 0.2) is 29.3 Å². The van der Waals surface area contributed by atoms with Crippen LogP contribution in [0.2, 0.25) is 5.15 Å². The number of guanidine groups is 1. The lowest BCUT2D eigenvalue weighted by Gasteiger charge is -2.23. The molecule has 15 N–H and O–H groups in total. The number of nitrogen functional groups attached to an aromatic ring is 1. The number of carbonyl (C=O) groups excluding carboxylic acids is 3. The summed E-state index contributed by atoms with van der Waals surface area (Å²) >= 11 is 5.96. The van der Waals surface area contributed by atoms with Gasteiger partial charge in [-0.05, 0) is 109 Å². The van der Waals surface area contributed by atoms with Crippen LogP contribution in [-0.4, -0.2) is 110 Å². The van der Waals surface area contributed by atoms with Crippen LogP contribution in [0.4, 0.5) is 5.82 Å². The number of hydrogen-bond acceptors (Lipinski definition) is 13. The van der Waals surface area contributed by atoms with Crippen LogP contribution in [-0.2, 0) is 16.0 Å². The summed E-state index contributed by atoms with van der Waals surface area (Å²) in [5.41, 5.74) is 36.2. The van der Waals surface area contributed by atoms with E-state index in [1.807, 2.05) is 24.3 Å². The van der Waals surface area contributed by atoms with E-state index in [9.17, 15) is 14.4 Å². The number of aryl methyl sites for hydroxylation is 2. The van der Waals surface area contributed by atoms with Gasteiger partial charge in [0.1, 0.15) is 12.4 Å². The number of aliphatic imine (C=N–C) groups is 1. The first-order chi connectivity index (χ1) is 26.4. The molecule has 0 saturated carbocycles. The first-order valence-electron chi connectivity index (χ1n) is 19.3. The molecule has 0 aliphatic carbocycles. The van der Waals surface area contributed by atoms with E-state index in [1.54, 1.807) is 6.92 Å². The number of halogens is 1. The fourth-order valence-corrected chi connectivity index (χ4v) is 5.62. The summed E-state index contributed by atoms with van der Waals surface area (Å²) in [5, 5.41) is 8.43. The Balaban J connectivity index is 1.77. The monoisotopic (exact) mass is 789 g/mol. The number of amides is 3. The second-order valence-electron chi connectivity index (χ2n) is 13.4. The largest absolute Gasteiger partial charge is 0.492 e. The molecule has 3 amide bonds. The van der Waals surface area contributed by atoms with Gasteiger partial charge in [-0.2, -0.15) is 0 Å². The maximum absolute atomic E-state index is 12.4. The van der Waals surface area contributed by atoms with Crippen LogP contribution >= 0.6 is 11.6 Å². The maximum Gasteiger partial charge on any atom is 0.280 e. The molecule has 308 valence electrons. The van der Waals surface area contributed by atoms with Crippen LogP contribution in [0.25, 0.3) is 0 Å². The van der Waals surface area contributed by atoms with Crippen molar-refractivity contribution in [2.75, 3.05) is 64.7 Å². The lowest BCUT2D eigenvalue weighted by molar-refractivity contribution is -0.123. The maximum atomic E-state index is 12.4.